The van der Waals surface area contributed by atoms with E-state index in [0.29, 0.717) is 11.8 Å². The maximum atomic E-state index is 5.64. The first kappa shape index (κ1) is 26.0. The van der Waals surface area contributed by atoms with E-state index in [2.05, 4.69) is 131 Å². The molecule has 0 radical (unpaired) electrons. The van der Waals surface area contributed by atoms with Gasteiger partial charge in [0.25, 0.3) is 0 Å². The summed E-state index contributed by atoms with van der Waals surface area (Å²) in [6.07, 6.45) is 6.61. The Morgan fingerprint density at radius 1 is 0.362 bits per heavy atom. The van der Waals surface area contributed by atoms with Crippen LogP contribution < -0.4 is 0 Å². The number of hydrogen-bond acceptors (Lipinski definition) is 4. The zero-order valence-electron chi connectivity index (χ0n) is 25.2. The highest BCUT2D eigenvalue weighted by Crippen LogP contribution is 2.63. The van der Waals surface area contributed by atoms with Crippen molar-refractivity contribution in [1.29, 1.82) is 0 Å². The molecule has 0 saturated carbocycles. The molecule has 0 N–H and O–H groups in total. The van der Waals surface area contributed by atoms with Crippen LogP contribution in [0, 0.1) is 0 Å². The highest BCUT2D eigenvalue weighted by Gasteiger charge is 2.51. The lowest BCUT2D eigenvalue weighted by Crippen LogP contribution is -2.26. The van der Waals surface area contributed by atoms with Crippen LogP contribution in [0.15, 0.2) is 167 Å². The van der Waals surface area contributed by atoms with Crippen molar-refractivity contribution in [2.45, 2.75) is 5.41 Å². The predicted molar refractivity (Wildman–Crippen MR) is 185 cm³/mol. The molecule has 2 aliphatic carbocycles. The Morgan fingerprint density at radius 3 is 1.26 bits per heavy atom. The summed E-state index contributed by atoms with van der Waals surface area (Å²) in [7, 11) is 0. The molecule has 4 heteroatoms. The third-order valence-corrected chi connectivity index (χ3v) is 9.84. The van der Waals surface area contributed by atoms with E-state index in [1.54, 1.807) is 24.9 Å². The van der Waals surface area contributed by atoms with Gasteiger partial charge in [0, 0.05) is 11.1 Å². The average Bonchev–Trinajstić information content (AvgIpc) is 3.96. The maximum absolute atomic E-state index is 5.64. The molecule has 220 valence electrons. The Balaban J connectivity index is 1.22. The molecule has 6 aromatic carbocycles. The van der Waals surface area contributed by atoms with Gasteiger partial charge in [-0.3, -0.25) is 0 Å². The molecule has 8 aromatic rings. The molecule has 47 heavy (non-hydrogen) atoms. The van der Waals surface area contributed by atoms with Crippen molar-refractivity contribution < 1.29 is 8.83 Å². The lowest BCUT2D eigenvalue weighted by Gasteiger charge is -2.31. The standard InChI is InChI=1S/C43H26N2O2/c1-3-13-37-33(11-1)34-12-2-4-14-38(34)43(37)39-25-29(27-7-5-9-31(23-27)41-44-19-21-46-41)15-17-35(39)36-18-16-30(26-40(36)43)28-8-6-10-32(24-28)42-45-20-22-47-42/h1-26H. The molecule has 0 fully saturated rings. The second-order valence-corrected chi connectivity index (χ2v) is 12.2. The van der Waals surface area contributed by atoms with Gasteiger partial charge in [0.05, 0.1) is 17.8 Å². The summed E-state index contributed by atoms with van der Waals surface area (Å²) in [5.41, 5.74) is 16.3. The van der Waals surface area contributed by atoms with Crippen LogP contribution in [0.4, 0.5) is 0 Å². The Hall–Kier alpha value is -6.26. The number of rotatable bonds is 4. The monoisotopic (exact) mass is 602 g/mol. The zero-order valence-corrected chi connectivity index (χ0v) is 25.2. The topological polar surface area (TPSA) is 52.1 Å². The molecule has 0 unspecified atom stereocenters. The lowest BCUT2D eigenvalue weighted by molar-refractivity contribution is 0.574. The van der Waals surface area contributed by atoms with Gasteiger partial charge in [0.15, 0.2) is 0 Å². The van der Waals surface area contributed by atoms with Crippen molar-refractivity contribution >= 4 is 0 Å². The molecule has 2 aliphatic rings. The molecule has 0 amide bonds. The van der Waals surface area contributed by atoms with Gasteiger partial charge in [-0.05, 0) is 103 Å². The molecule has 0 aliphatic heterocycles. The summed E-state index contributed by atoms with van der Waals surface area (Å²) in [5.74, 6) is 1.24. The number of oxazole rings is 2. The SMILES string of the molecule is c1cc(-c2ccc3c(c2)C2(c4ccccc4-c4ccccc42)c2cc(-c4cccc(-c5ncco5)c4)ccc2-3)cc(-c2ncco2)c1. The Morgan fingerprint density at radius 2 is 0.787 bits per heavy atom. The van der Waals surface area contributed by atoms with Crippen molar-refractivity contribution in [3.63, 3.8) is 0 Å². The third kappa shape index (κ3) is 3.70. The molecule has 10 rings (SSSR count). The van der Waals surface area contributed by atoms with Gasteiger partial charge in [-0.25, -0.2) is 9.97 Å². The van der Waals surface area contributed by atoms with Crippen LogP contribution in [0.25, 0.3) is 67.4 Å². The normalized spacial score (nSPS) is 13.3. The molecular formula is C43H26N2O2. The number of aromatic nitrogens is 2. The molecule has 0 bridgehead atoms. The summed E-state index contributed by atoms with van der Waals surface area (Å²) in [6, 6.07) is 48.7. The third-order valence-electron chi connectivity index (χ3n) is 9.84. The zero-order chi connectivity index (χ0) is 31.0. The first-order chi connectivity index (χ1) is 23.3. The van der Waals surface area contributed by atoms with Gasteiger partial charge in [-0.15, -0.1) is 0 Å². The van der Waals surface area contributed by atoms with E-state index in [1.807, 2.05) is 12.1 Å². The predicted octanol–water partition coefficient (Wildman–Crippen LogP) is 10.7. The number of benzene rings is 6. The minimum Gasteiger partial charge on any atom is -0.445 e. The fourth-order valence-corrected chi connectivity index (χ4v) is 7.89. The molecule has 4 nitrogen and oxygen atoms in total. The average molecular weight is 603 g/mol. The van der Waals surface area contributed by atoms with E-state index >= 15 is 0 Å². The summed E-state index contributed by atoms with van der Waals surface area (Å²) in [4.78, 5) is 8.78. The molecular weight excluding hydrogens is 576 g/mol. The molecule has 1 spiro atoms. The summed E-state index contributed by atoms with van der Waals surface area (Å²) in [6.45, 7) is 0. The molecule has 0 saturated heterocycles. The molecule has 2 heterocycles. The molecule has 2 aromatic heterocycles. The smallest absolute Gasteiger partial charge is 0.225 e. The number of nitrogens with zero attached hydrogens (tertiary/aromatic N) is 2. The fraction of sp³-hybridized carbons (Fsp3) is 0.0233. The van der Waals surface area contributed by atoms with Crippen LogP contribution in [0.2, 0.25) is 0 Å². The summed E-state index contributed by atoms with van der Waals surface area (Å²) < 4.78 is 11.3. The van der Waals surface area contributed by atoms with Crippen molar-refractivity contribution in [3.05, 3.63) is 181 Å². The van der Waals surface area contributed by atoms with Crippen LogP contribution in [0.1, 0.15) is 22.3 Å². The van der Waals surface area contributed by atoms with Crippen molar-refractivity contribution in [2.75, 3.05) is 0 Å². The minimum atomic E-state index is -0.468. The van der Waals surface area contributed by atoms with Crippen LogP contribution in [0.5, 0.6) is 0 Å². The maximum Gasteiger partial charge on any atom is 0.225 e. The van der Waals surface area contributed by atoms with Crippen LogP contribution >= 0.6 is 0 Å². The van der Waals surface area contributed by atoms with Gasteiger partial charge in [0.2, 0.25) is 11.8 Å². The van der Waals surface area contributed by atoms with E-state index in [9.17, 15) is 0 Å². The van der Waals surface area contributed by atoms with Crippen molar-refractivity contribution in [2.24, 2.45) is 0 Å². The second-order valence-electron chi connectivity index (χ2n) is 12.2. The van der Waals surface area contributed by atoms with E-state index < -0.39 is 5.41 Å². The van der Waals surface area contributed by atoms with E-state index in [-0.39, 0.29) is 0 Å². The van der Waals surface area contributed by atoms with Crippen molar-refractivity contribution in [3.8, 4) is 67.4 Å². The second kappa shape index (κ2) is 9.87. The van der Waals surface area contributed by atoms with E-state index in [0.717, 1.165) is 33.4 Å². The minimum absolute atomic E-state index is 0.468. The Bertz CT molecular complexity index is 2300. The first-order valence-electron chi connectivity index (χ1n) is 15.8. The van der Waals surface area contributed by atoms with Gasteiger partial charge in [0.1, 0.15) is 12.5 Å². The highest BCUT2D eigenvalue weighted by molar-refractivity contribution is 5.97. The Kier molecular flexibility index (Phi) is 5.46. The number of hydrogen-bond donors (Lipinski definition) is 0. The van der Waals surface area contributed by atoms with Gasteiger partial charge >= 0.3 is 0 Å². The summed E-state index contributed by atoms with van der Waals surface area (Å²) >= 11 is 0. The van der Waals surface area contributed by atoms with E-state index in [4.69, 9.17) is 8.83 Å². The van der Waals surface area contributed by atoms with Crippen LogP contribution in [-0.2, 0) is 5.41 Å². The quantitative estimate of drug-likeness (QED) is 0.201. The van der Waals surface area contributed by atoms with E-state index in [1.165, 1.54) is 44.5 Å². The lowest BCUT2D eigenvalue weighted by atomic mass is 9.70. The first-order valence-corrected chi connectivity index (χ1v) is 15.8. The van der Waals surface area contributed by atoms with Crippen molar-refractivity contribution in [1.82, 2.24) is 9.97 Å². The molecule has 0 atom stereocenters. The largest absolute Gasteiger partial charge is 0.445 e. The summed E-state index contributed by atoms with van der Waals surface area (Å²) in [5, 5.41) is 0. The Labute approximate surface area is 271 Å². The highest BCUT2D eigenvalue weighted by atomic mass is 16.3. The van der Waals surface area contributed by atoms with Gasteiger partial charge in [-0.1, -0.05) is 97.1 Å². The fourth-order valence-electron chi connectivity index (χ4n) is 7.89. The van der Waals surface area contributed by atoms with Crippen LogP contribution in [-0.4, -0.2) is 9.97 Å². The van der Waals surface area contributed by atoms with Crippen LogP contribution in [0.3, 0.4) is 0 Å². The van der Waals surface area contributed by atoms with Gasteiger partial charge in [-0.2, -0.15) is 0 Å². The number of fused-ring (bicyclic) bond motifs is 10. The van der Waals surface area contributed by atoms with Gasteiger partial charge < -0.3 is 8.83 Å².